The molecule has 1 fully saturated rings. The van der Waals surface area contributed by atoms with Gasteiger partial charge in [-0.25, -0.2) is 0 Å². The summed E-state index contributed by atoms with van der Waals surface area (Å²) in [5.41, 5.74) is 1.04. The average molecular weight is 184 g/mol. The van der Waals surface area contributed by atoms with Crippen molar-refractivity contribution in [1.82, 2.24) is 0 Å². The fraction of sp³-hybridized carbons (Fsp3) is 0.556. The lowest BCUT2D eigenvalue weighted by atomic mass is 9.97. The standard InChI is InChI=1S/C9H12O2S/c10-9(7-1-3-11-5-7)8-2-4-12-6-8/h2,4,6-7,9-10H,1,3,5H2. The van der Waals surface area contributed by atoms with E-state index in [2.05, 4.69) is 0 Å². The summed E-state index contributed by atoms with van der Waals surface area (Å²) in [5, 5.41) is 13.8. The third-order valence-corrected chi connectivity index (χ3v) is 3.00. The molecule has 0 spiro atoms. The van der Waals surface area contributed by atoms with Gasteiger partial charge in [0, 0.05) is 12.5 Å². The Kier molecular flexibility index (Phi) is 2.44. The van der Waals surface area contributed by atoms with E-state index < -0.39 is 0 Å². The smallest absolute Gasteiger partial charge is 0.0849 e. The molecule has 66 valence electrons. The SMILES string of the molecule is OC(c1ccsc1)C1CCOC1. The van der Waals surface area contributed by atoms with Crippen LogP contribution in [0.4, 0.5) is 0 Å². The summed E-state index contributed by atoms with van der Waals surface area (Å²) in [7, 11) is 0. The fourth-order valence-electron chi connectivity index (χ4n) is 1.52. The van der Waals surface area contributed by atoms with Crippen molar-refractivity contribution in [3.05, 3.63) is 22.4 Å². The van der Waals surface area contributed by atoms with Crippen molar-refractivity contribution < 1.29 is 9.84 Å². The van der Waals surface area contributed by atoms with E-state index in [0.29, 0.717) is 12.5 Å². The monoisotopic (exact) mass is 184 g/mol. The first kappa shape index (κ1) is 8.23. The van der Waals surface area contributed by atoms with Crippen LogP contribution in [0.1, 0.15) is 18.1 Å². The van der Waals surface area contributed by atoms with Gasteiger partial charge in [0.2, 0.25) is 0 Å². The van der Waals surface area contributed by atoms with Crippen LogP contribution in [-0.2, 0) is 4.74 Å². The van der Waals surface area contributed by atoms with Crippen LogP contribution in [0.15, 0.2) is 16.8 Å². The fourth-order valence-corrected chi connectivity index (χ4v) is 2.21. The summed E-state index contributed by atoms with van der Waals surface area (Å²) < 4.78 is 5.22. The Morgan fingerprint density at radius 2 is 2.58 bits per heavy atom. The summed E-state index contributed by atoms with van der Waals surface area (Å²) in [4.78, 5) is 0. The molecule has 0 amide bonds. The average Bonchev–Trinajstić information content (AvgIpc) is 2.77. The van der Waals surface area contributed by atoms with E-state index in [-0.39, 0.29) is 6.10 Å². The Labute approximate surface area is 75.8 Å². The first-order valence-electron chi connectivity index (χ1n) is 4.16. The molecule has 2 nitrogen and oxygen atoms in total. The van der Waals surface area contributed by atoms with Crippen molar-refractivity contribution in [2.45, 2.75) is 12.5 Å². The van der Waals surface area contributed by atoms with Gasteiger partial charge < -0.3 is 9.84 Å². The maximum atomic E-state index is 9.84. The maximum Gasteiger partial charge on any atom is 0.0849 e. The number of hydrogen-bond acceptors (Lipinski definition) is 3. The van der Waals surface area contributed by atoms with Crippen molar-refractivity contribution in [3.8, 4) is 0 Å². The van der Waals surface area contributed by atoms with Gasteiger partial charge in [0.05, 0.1) is 12.7 Å². The second-order valence-corrected chi connectivity index (χ2v) is 3.91. The molecular weight excluding hydrogens is 172 g/mol. The molecule has 2 unspecified atom stereocenters. The Hall–Kier alpha value is -0.380. The zero-order chi connectivity index (χ0) is 8.39. The Morgan fingerprint density at radius 1 is 1.67 bits per heavy atom. The third kappa shape index (κ3) is 1.53. The van der Waals surface area contributed by atoms with Crippen LogP contribution < -0.4 is 0 Å². The van der Waals surface area contributed by atoms with Crippen molar-refractivity contribution in [3.63, 3.8) is 0 Å². The van der Waals surface area contributed by atoms with Crippen LogP contribution >= 0.6 is 11.3 Å². The van der Waals surface area contributed by atoms with Crippen molar-refractivity contribution >= 4 is 11.3 Å². The van der Waals surface area contributed by atoms with E-state index in [9.17, 15) is 5.11 Å². The zero-order valence-electron chi connectivity index (χ0n) is 6.77. The van der Waals surface area contributed by atoms with E-state index in [1.807, 2.05) is 16.8 Å². The van der Waals surface area contributed by atoms with Crippen LogP contribution in [0.2, 0.25) is 0 Å². The maximum absolute atomic E-state index is 9.84. The quantitative estimate of drug-likeness (QED) is 0.759. The predicted octanol–water partition coefficient (Wildman–Crippen LogP) is 1.82. The zero-order valence-corrected chi connectivity index (χ0v) is 7.59. The highest BCUT2D eigenvalue weighted by Crippen LogP contribution is 2.29. The van der Waals surface area contributed by atoms with Gasteiger partial charge in [-0.05, 0) is 28.8 Å². The molecule has 0 radical (unpaired) electrons. The van der Waals surface area contributed by atoms with Crippen molar-refractivity contribution in [1.29, 1.82) is 0 Å². The molecule has 1 aliphatic rings. The van der Waals surface area contributed by atoms with Crippen molar-refractivity contribution in [2.24, 2.45) is 5.92 Å². The minimum absolute atomic E-state index is 0.305. The molecule has 1 N–H and O–H groups in total. The summed E-state index contributed by atoms with van der Waals surface area (Å²) in [5.74, 6) is 0.305. The Bertz CT molecular complexity index is 227. The molecular formula is C9H12O2S. The molecule has 3 heteroatoms. The summed E-state index contributed by atoms with van der Waals surface area (Å²) >= 11 is 1.63. The van der Waals surface area contributed by atoms with Crippen LogP contribution in [-0.4, -0.2) is 18.3 Å². The number of thiophene rings is 1. The number of hydrogen-bond donors (Lipinski definition) is 1. The molecule has 2 atom stereocenters. The number of rotatable bonds is 2. The molecule has 0 saturated carbocycles. The highest BCUT2D eigenvalue weighted by atomic mass is 32.1. The Morgan fingerprint density at radius 3 is 3.17 bits per heavy atom. The molecule has 1 aliphatic heterocycles. The number of ether oxygens (including phenoxy) is 1. The van der Waals surface area contributed by atoms with Crippen LogP contribution in [0.3, 0.4) is 0 Å². The lowest BCUT2D eigenvalue weighted by Crippen LogP contribution is -2.11. The van der Waals surface area contributed by atoms with E-state index >= 15 is 0 Å². The summed E-state index contributed by atoms with van der Waals surface area (Å²) in [6.45, 7) is 1.50. The topological polar surface area (TPSA) is 29.5 Å². The molecule has 0 aliphatic carbocycles. The molecule has 1 saturated heterocycles. The van der Waals surface area contributed by atoms with Gasteiger partial charge in [0.25, 0.3) is 0 Å². The van der Waals surface area contributed by atoms with Gasteiger partial charge in [-0.15, -0.1) is 0 Å². The molecule has 2 heterocycles. The minimum Gasteiger partial charge on any atom is -0.388 e. The summed E-state index contributed by atoms with van der Waals surface area (Å²) in [6, 6.07) is 1.98. The summed E-state index contributed by atoms with van der Waals surface area (Å²) in [6.07, 6.45) is 0.663. The first-order valence-corrected chi connectivity index (χ1v) is 5.10. The van der Waals surface area contributed by atoms with Crippen molar-refractivity contribution in [2.75, 3.05) is 13.2 Å². The normalized spacial score (nSPS) is 25.9. The number of aliphatic hydroxyl groups excluding tert-OH is 1. The molecule has 12 heavy (non-hydrogen) atoms. The molecule has 1 aromatic heterocycles. The van der Waals surface area contributed by atoms with Crippen LogP contribution in [0.25, 0.3) is 0 Å². The number of aliphatic hydroxyl groups is 1. The van der Waals surface area contributed by atoms with Gasteiger partial charge in [-0.2, -0.15) is 11.3 Å². The second-order valence-electron chi connectivity index (χ2n) is 3.13. The predicted molar refractivity (Wildman–Crippen MR) is 48.2 cm³/mol. The largest absolute Gasteiger partial charge is 0.388 e. The van der Waals surface area contributed by atoms with E-state index in [4.69, 9.17) is 4.74 Å². The van der Waals surface area contributed by atoms with Gasteiger partial charge in [0.15, 0.2) is 0 Å². The molecule has 1 aromatic rings. The molecule has 2 rings (SSSR count). The first-order chi connectivity index (χ1) is 5.88. The molecule has 0 bridgehead atoms. The van der Waals surface area contributed by atoms with E-state index in [1.165, 1.54) is 0 Å². The van der Waals surface area contributed by atoms with E-state index in [1.54, 1.807) is 11.3 Å². The second kappa shape index (κ2) is 3.56. The molecule has 0 aromatic carbocycles. The van der Waals surface area contributed by atoms with Gasteiger partial charge in [-0.3, -0.25) is 0 Å². The van der Waals surface area contributed by atoms with Crippen LogP contribution in [0.5, 0.6) is 0 Å². The van der Waals surface area contributed by atoms with Gasteiger partial charge in [-0.1, -0.05) is 0 Å². The highest BCUT2D eigenvalue weighted by molar-refractivity contribution is 7.07. The lowest BCUT2D eigenvalue weighted by Gasteiger charge is -2.14. The minimum atomic E-state index is -0.321. The highest BCUT2D eigenvalue weighted by Gasteiger charge is 2.25. The van der Waals surface area contributed by atoms with Gasteiger partial charge >= 0.3 is 0 Å². The van der Waals surface area contributed by atoms with Gasteiger partial charge in [0.1, 0.15) is 0 Å². The van der Waals surface area contributed by atoms with E-state index in [0.717, 1.165) is 18.6 Å². The Balaban J connectivity index is 2.04. The van der Waals surface area contributed by atoms with Crippen LogP contribution in [0, 0.1) is 5.92 Å². The lowest BCUT2D eigenvalue weighted by molar-refractivity contribution is 0.0921. The third-order valence-electron chi connectivity index (χ3n) is 2.30.